The van der Waals surface area contributed by atoms with Crippen molar-refractivity contribution >= 4 is 0 Å². The van der Waals surface area contributed by atoms with Gasteiger partial charge in [-0.25, -0.2) is 0 Å². The predicted octanol–water partition coefficient (Wildman–Crippen LogP) is 2.27. The van der Waals surface area contributed by atoms with Gasteiger partial charge in [-0.2, -0.15) is 9.97 Å². The molecule has 0 N–H and O–H groups in total. The standard InChI is InChI=1S/C15H18N6O2/c1-10(2)14-17-12(22-19-14)8-21(3)9-13-18-15(20-23-13)11-6-4-5-7-16-11/h4-7,10H,8-9H2,1-3H3. The van der Waals surface area contributed by atoms with E-state index in [0.717, 1.165) is 0 Å². The highest BCUT2D eigenvalue weighted by Gasteiger charge is 2.15. The van der Waals surface area contributed by atoms with Gasteiger partial charge in [-0.1, -0.05) is 30.2 Å². The van der Waals surface area contributed by atoms with E-state index in [9.17, 15) is 0 Å². The Hall–Kier alpha value is -2.61. The molecule has 0 saturated heterocycles. The highest BCUT2D eigenvalue weighted by molar-refractivity contribution is 5.46. The van der Waals surface area contributed by atoms with E-state index in [1.54, 1.807) is 6.20 Å². The molecule has 0 unspecified atom stereocenters. The molecule has 3 heterocycles. The van der Waals surface area contributed by atoms with E-state index in [2.05, 4.69) is 25.3 Å². The van der Waals surface area contributed by atoms with Crippen LogP contribution in [0.15, 0.2) is 33.4 Å². The maximum atomic E-state index is 5.26. The molecule has 0 aliphatic heterocycles. The molecule has 3 aromatic heterocycles. The van der Waals surface area contributed by atoms with Crippen molar-refractivity contribution in [3.8, 4) is 11.5 Å². The van der Waals surface area contributed by atoms with E-state index in [1.807, 2.05) is 44.0 Å². The van der Waals surface area contributed by atoms with Gasteiger partial charge in [0.15, 0.2) is 5.82 Å². The highest BCUT2D eigenvalue weighted by Crippen LogP contribution is 2.14. The minimum Gasteiger partial charge on any atom is -0.338 e. The van der Waals surface area contributed by atoms with Crippen LogP contribution in [0, 0.1) is 0 Å². The molecule has 120 valence electrons. The first-order valence-corrected chi connectivity index (χ1v) is 7.37. The fraction of sp³-hybridized carbons (Fsp3) is 0.400. The Morgan fingerprint density at radius 2 is 1.78 bits per heavy atom. The van der Waals surface area contributed by atoms with Gasteiger partial charge in [-0.3, -0.25) is 9.88 Å². The van der Waals surface area contributed by atoms with Crippen LogP contribution >= 0.6 is 0 Å². The molecule has 0 aliphatic rings. The first-order chi connectivity index (χ1) is 11.1. The zero-order chi connectivity index (χ0) is 16.2. The lowest BCUT2D eigenvalue weighted by molar-refractivity contribution is 0.229. The first-order valence-electron chi connectivity index (χ1n) is 7.37. The fourth-order valence-electron chi connectivity index (χ4n) is 2.00. The van der Waals surface area contributed by atoms with Crippen molar-refractivity contribution < 1.29 is 9.05 Å². The molecule has 23 heavy (non-hydrogen) atoms. The third kappa shape index (κ3) is 3.78. The van der Waals surface area contributed by atoms with Crippen molar-refractivity contribution in [1.82, 2.24) is 30.2 Å². The molecule has 0 bridgehead atoms. The van der Waals surface area contributed by atoms with Gasteiger partial charge in [0, 0.05) is 12.1 Å². The SMILES string of the molecule is CC(C)c1noc(CN(C)Cc2nc(-c3ccccn3)no2)n1. The highest BCUT2D eigenvalue weighted by atomic mass is 16.5. The van der Waals surface area contributed by atoms with Crippen LogP contribution in [0.25, 0.3) is 11.5 Å². The monoisotopic (exact) mass is 314 g/mol. The predicted molar refractivity (Wildman–Crippen MR) is 81.1 cm³/mol. The Kier molecular flexibility index (Phi) is 4.42. The largest absolute Gasteiger partial charge is 0.338 e. The van der Waals surface area contributed by atoms with E-state index in [-0.39, 0.29) is 5.92 Å². The third-order valence-electron chi connectivity index (χ3n) is 3.17. The van der Waals surface area contributed by atoms with Gasteiger partial charge >= 0.3 is 0 Å². The van der Waals surface area contributed by atoms with Gasteiger partial charge < -0.3 is 9.05 Å². The second-order valence-electron chi connectivity index (χ2n) is 5.60. The molecule has 0 radical (unpaired) electrons. The lowest BCUT2D eigenvalue weighted by Gasteiger charge is -2.10. The number of hydrogen-bond acceptors (Lipinski definition) is 8. The van der Waals surface area contributed by atoms with E-state index in [4.69, 9.17) is 9.05 Å². The molecule has 0 atom stereocenters. The van der Waals surface area contributed by atoms with Gasteiger partial charge in [0.05, 0.1) is 13.1 Å². The Labute approximate surface area is 133 Å². The van der Waals surface area contributed by atoms with Crippen molar-refractivity contribution in [2.75, 3.05) is 7.05 Å². The van der Waals surface area contributed by atoms with Crippen LogP contribution in [-0.4, -0.2) is 37.2 Å². The molecule has 8 heteroatoms. The second-order valence-corrected chi connectivity index (χ2v) is 5.60. The maximum Gasteiger partial charge on any atom is 0.241 e. The lowest BCUT2D eigenvalue weighted by atomic mass is 10.2. The summed E-state index contributed by atoms with van der Waals surface area (Å²) in [5.41, 5.74) is 0.684. The van der Waals surface area contributed by atoms with Gasteiger partial charge in [0.2, 0.25) is 17.6 Å². The number of aromatic nitrogens is 5. The summed E-state index contributed by atoms with van der Waals surface area (Å²) >= 11 is 0. The Morgan fingerprint density at radius 1 is 1.04 bits per heavy atom. The Balaban J connectivity index is 1.61. The summed E-state index contributed by atoms with van der Waals surface area (Å²) < 4.78 is 10.5. The van der Waals surface area contributed by atoms with Crippen molar-refractivity contribution in [3.63, 3.8) is 0 Å². The third-order valence-corrected chi connectivity index (χ3v) is 3.17. The summed E-state index contributed by atoms with van der Waals surface area (Å²) in [4.78, 5) is 14.9. The van der Waals surface area contributed by atoms with Gasteiger partial charge in [0.1, 0.15) is 5.69 Å². The fourth-order valence-corrected chi connectivity index (χ4v) is 2.00. The Bertz CT molecular complexity index is 752. The van der Waals surface area contributed by atoms with Crippen LogP contribution in [-0.2, 0) is 13.1 Å². The number of nitrogens with zero attached hydrogens (tertiary/aromatic N) is 6. The number of rotatable bonds is 6. The zero-order valence-corrected chi connectivity index (χ0v) is 13.3. The lowest BCUT2D eigenvalue weighted by Crippen LogP contribution is -2.17. The van der Waals surface area contributed by atoms with Gasteiger partial charge in [-0.15, -0.1) is 0 Å². The molecule has 0 spiro atoms. The summed E-state index contributed by atoms with van der Waals surface area (Å²) in [5.74, 6) is 2.52. The summed E-state index contributed by atoms with van der Waals surface area (Å²) in [6.07, 6.45) is 1.69. The van der Waals surface area contributed by atoms with Crippen molar-refractivity contribution in [2.45, 2.75) is 32.9 Å². The van der Waals surface area contributed by atoms with Crippen LogP contribution in [0.1, 0.15) is 37.4 Å². The average molecular weight is 314 g/mol. The molecule has 0 amide bonds. The Morgan fingerprint density at radius 3 is 2.43 bits per heavy atom. The molecule has 3 rings (SSSR count). The van der Waals surface area contributed by atoms with Crippen LogP contribution in [0.5, 0.6) is 0 Å². The van der Waals surface area contributed by atoms with E-state index in [1.165, 1.54) is 0 Å². The number of pyridine rings is 1. The van der Waals surface area contributed by atoms with E-state index >= 15 is 0 Å². The van der Waals surface area contributed by atoms with Gasteiger partial charge in [0.25, 0.3) is 0 Å². The maximum absolute atomic E-state index is 5.26. The summed E-state index contributed by atoms with van der Waals surface area (Å²) in [6, 6.07) is 5.56. The average Bonchev–Trinajstić information content (AvgIpc) is 3.18. The minimum atomic E-state index is 0.245. The zero-order valence-electron chi connectivity index (χ0n) is 13.3. The molecule has 3 aromatic rings. The van der Waals surface area contributed by atoms with Crippen LogP contribution in [0.2, 0.25) is 0 Å². The van der Waals surface area contributed by atoms with E-state index < -0.39 is 0 Å². The summed E-state index contributed by atoms with van der Waals surface area (Å²) in [7, 11) is 1.92. The molecular weight excluding hydrogens is 296 g/mol. The van der Waals surface area contributed by atoms with Crippen molar-refractivity contribution in [2.24, 2.45) is 0 Å². The van der Waals surface area contributed by atoms with E-state index in [0.29, 0.717) is 42.2 Å². The summed E-state index contributed by atoms with van der Waals surface area (Å²) in [6.45, 7) is 5.05. The van der Waals surface area contributed by atoms with Crippen molar-refractivity contribution in [1.29, 1.82) is 0 Å². The van der Waals surface area contributed by atoms with Crippen LogP contribution in [0.3, 0.4) is 0 Å². The molecular formula is C15H18N6O2. The molecule has 0 aliphatic carbocycles. The van der Waals surface area contributed by atoms with Crippen LogP contribution < -0.4 is 0 Å². The van der Waals surface area contributed by atoms with Gasteiger partial charge in [-0.05, 0) is 19.2 Å². The minimum absolute atomic E-state index is 0.245. The van der Waals surface area contributed by atoms with Crippen molar-refractivity contribution in [3.05, 3.63) is 42.0 Å². The smallest absolute Gasteiger partial charge is 0.241 e. The summed E-state index contributed by atoms with van der Waals surface area (Å²) in [5, 5.41) is 7.89. The van der Waals surface area contributed by atoms with Crippen LogP contribution in [0.4, 0.5) is 0 Å². The normalized spacial score (nSPS) is 11.5. The molecule has 0 saturated carbocycles. The molecule has 0 aromatic carbocycles. The molecule has 0 fully saturated rings. The quantitative estimate of drug-likeness (QED) is 0.684. The number of hydrogen-bond donors (Lipinski definition) is 0. The second kappa shape index (κ2) is 6.66. The topological polar surface area (TPSA) is 94.0 Å². The molecule has 8 nitrogen and oxygen atoms in total. The first kappa shape index (κ1) is 15.3.